The molecule has 0 aliphatic heterocycles. The van der Waals surface area contributed by atoms with E-state index in [0.29, 0.717) is 0 Å². The monoisotopic (exact) mass is 455 g/mol. The number of carboxylic acid groups (broad SMARTS) is 1. The number of nitrogens with one attached hydrogen (secondary N) is 3. The van der Waals surface area contributed by atoms with Gasteiger partial charge in [-0.3, -0.25) is 9.59 Å². The van der Waals surface area contributed by atoms with Crippen LogP contribution in [-0.2, 0) is 23.9 Å². The van der Waals surface area contributed by atoms with Crippen LogP contribution >= 0.6 is 0 Å². The molecule has 3 amide bonds. The van der Waals surface area contributed by atoms with Crippen molar-refractivity contribution in [3.8, 4) is 11.1 Å². The highest BCUT2D eigenvalue weighted by Crippen LogP contribution is 2.44. The highest BCUT2D eigenvalue weighted by atomic mass is 16.5. The van der Waals surface area contributed by atoms with Crippen LogP contribution in [0.1, 0.15) is 17.0 Å². The van der Waals surface area contributed by atoms with Gasteiger partial charge in [0.2, 0.25) is 11.8 Å². The molecule has 0 saturated heterocycles. The number of fused-ring (bicyclic) bond motifs is 3. The van der Waals surface area contributed by atoms with E-state index in [0.717, 1.165) is 22.3 Å². The summed E-state index contributed by atoms with van der Waals surface area (Å²) in [7, 11) is 1.21. The molecule has 3 rings (SSSR count). The molecule has 0 heterocycles. The van der Waals surface area contributed by atoms with Crippen molar-refractivity contribution in [2.24, 2.45) is 0 Å². The lowest BCUT2D eigenvalue weighted by Gasteiger charge is -2.14. The Labute approximate surface area is 190 Å². The molecule has 2 aromatic rings. The molecule has 4 N–H and O–H groups in total. The van der Waals surface area contributed by atoms with E-state index in [4.69, 9.17) is 9.84 Å². The molecule has 0 spiro atoms. The molecule has 0 saturated carbocycles. The number of hydrogen-bond acceptors (Lipinski definition) is 6. The third kappa shape index (κ3) is 6.07. The first-order chi connectivity index (χ1) is 15.9. The van der Waals surface area contributed by atoms with Gasteiger partial charge in [0.1, 0.15) is 13.2 Å². The van der Waals surface area contributed by atoms with E-state index < -0.39 is 30.0 Å². The number of hydrogen-bond donors (Lipinski definition) is 4. The Morgan fingerprint density at radius 1 is 0.879 bits per heavy atom. The molecule has 1 atom stereocenters. The summed E-state index contributed by atoms with van der Waals surface area (Å²) >= 11 is 0. The maximum Gasteiger partial charge on any atom is 0.407 e. The van der Waals surface area contributed by atoms with Gasteiger partial charge in [0.15, 0.2) is 6.10 Å². The summed E-state index contributed by atoms with van der Waals surface area (Å²) in [6.07, 6.45) is -1.93. The second kappa shape index (κ2) is 11.1. The molecular weight excluding hydrogens is 430 g/mol. The molecule has 0 aromatic heterocycles. The van der Waals surface area contributed by atoms with E-state index >= 15 is 0 Å². The molecule has 0 fully saturated rings. The highest BCUT2D eigenvalue weighted by Gasteiger charge is 2.29. The number of carbonyl (C=O) groups excluding carboxylic acids is 3. The zero-order chi connectivity index (χ0) is 23.8. The minimum Gasteiger partial charge on any atom is -0.479 e. The fourth-order valence-corrected chi connectivity index (χ4v) is 3.58. The summed E-state index contributed by atoms with van der Waals surface area (Å²) in [4.78, 5) is 46.5. The first-order valence-electron chi connectivity index (χ1n) is 10.3. The second-order valence-corrected chi connectivity index (χ2v) is 7.32. The summed E-state index contributed by atoms with van der Waals surface area (Å²) in [6.45, 7) is -0.867. The molecular formula is C23H25N3O7. The summed E-state index contributed by atoms with van der Waals surface area (Å²) in [5, 5.41) is 15.8. The highest BCUT2D eigenvalue weighted by molar-refractivity contribution is 5.87. The molecule has 174 valence electrons. The van der Waals surface area contributed by atoms with Crippen LogP contribution in [0.15, 0.2) is 48.5 Å². The third-order valence-electron chi connectivity index (χ3n) is 5.23. The predicted molar refractivity (Wildman–Crippen MR) is 118 cm³/mol. The van der Waals surface area contributed by atoms with Gasteiger partial charge in [-0.15, -0.1) is 0 Å². The number of alkyl carbamates (subject to hydrolysis) is 1. The number of ether oxygens (including phenoxy) is 2. The van der Waals surface area contributed by atoms with Gasteiger partial charge in [0.05, 0.1) is 13.1 Å². The Morgan fingerprint density at radius 3 is 2.00 bits per heavy atom. The van der Waals surface area contributed by atoms with Crippen molar-refractivity contribution in [3.63, 3.8) is 0 Å². The van der Waals surface area contributed by atoms with E-state index in [1.165, 1.54) is 7.11 Å². The van der Waals surface area contributed by atoms with Crippen LogP contribution < -0.4 is 16.0 Å². The number of methoxy groups -OCH3 is 1. The maximum atomic E-state index is 12.1. The molecule has 0 bridgehead atoms. The Morgan fingerprint density at radius 2 is 1.42 bits per heavy atom. The van der Waals surface area contributed by atoms with Gasteiger partial charge in [-0.1, -0.05) is 48.5 Å². The number of benzene rings is 2. The van der Waals surface area contributed by atoms with Gasteiger partial charge in [0.25, 0.3) is 0 Å². The third-order valence-corrected chi connectivity index (χ3v) is 5.23. The summed E-state index contributed by atoms with van der Waals surface area (Å²) in [5.41, 5.74) is 4.38. The second-order valence-electron chi connectivity index (χ2n) is 7.32. The van der Waals surface area contributed by atoms with Crippen LogP contribution in [0.4, 0.5) is 4.79 Å². The number of rotatable bonds is 10. The first kappa shape index (κ1) is 23.7. The van der Waals surface area contributed by atoms with Crippen molar-refractivity contribution in [3.05, 3.63) is 59.7 Å². The van der Waals surface area contributed by atoms with Crippen LogP contribution in [0.5, 0.6) is 0 Å². The zero-order valence-corrected chi connectivity index (χ0v) is 18.0. The lowest BCUT2D eigenvalue weighted by Crippen LogP contribution is -2.44. The predicted octanol–water partition coefficient (Wildman–Crippen LogP) is 0.857. The van der Waals surface area contributed by atoms with Gasteiger partial charge < -0.3 is 30.5 Å². The molecule has 10 nitrogen and oxygen atoms in total. The lowest BCUT2D eigenvalue weighted by atomic mass is 9.98. The molecule has 1 aliphatic carbocycles. The van der Waals surface area contributed by atoms with E-state index in [2.05, 4.69) is 20.7 Å². The molecule has 2 aromatic carbocycles. The Bertz CT molecular complexity index is 995. The minimum absolute atomic E-state index is 0.0950. The molecule has 1 aliphatic rings. The van der Waals surface area contributed by atoms with Crippen molar-refractivity contribution in [1.82, 2.24) is 16.0 Å². The summed E-state index contributed by atoms with van der Waals surface area (Å²) < 4.78 is 10.0. The van der Waals surface area contributed by atoms with Gasteiger partial charge >= 0.3 is 12.1 Å². The van der Waals surface area contributed by atoms with Crippen LogP contribution in [0, 0.1) is 0 Å². The average Bonchev–Trinajstić information content (AvgIpc) is 3.14. The van der Waals surface area contributed by atoms with Gasteiger partial charge in [-0.25, -0.2) is 9.59 Å². The minimum atomic E-state index is -1.21. The summed E-state index contributed by atoms with van der Waals surface area (Å²) in [5.74, 6) is -2.50. The largest absolute Gasteiger partial charge is 0.479 e. The van der Waals surface area contributed by atoms with Gasteiger partial charge in [-0.2, -0.15) is 0 Å². The van der Waals surface area contributed by atoms with Gasteiger partial charge in [-0.05, 0) is 22.3 Å². The number of carboxylic acids is 1. The van der Waals surface area contributed by atoms with Crippen molar-refractivity contribution >= 4 is 23.9 Å². The topological polar surface area (TPSA) is 143 Å². The maximum absolute atomic E-state index is 12.1. The standard InChI is InChI=1S/C23H25N3O7/c1-32-19(22(29)30)10-24-20(27)11-25-21(28)12-26-23(31)33-13-18-16-8-4-2-6-14(16)15-7-3-5-9-17(15)18/h2-9,18-19H,10-13H2,1H3,(H,24,27)(H,25,28)(H,26,31)(H,29,30). The zero-order valence-electron chi connectivity index (χ0n) is 18.0. The number of aliphatic carboxylic acids is 1. The lowest BCUT2D eigenvalue weighted by molar-refractivity contribution is -0.148. The van der Waals surface area contributed by atoms with Gasteiger partial charge in [0, 0.05) is 13.0 Å². The first-order valence-corrected chi connectivity index (χ1v) is 10.3. The Balaban J connectivity index is 1.40. The Kier molecular flexibility index (Phi) is 7.98. The molecule has 10 heteroatoms. The van der Waals surface area contributed by atoms with E-state index in [9.17, 15) is 19.2 Å². The average molecular weight is 455 g/mol. The fourth-order valence-electron chi connectivity index (χ4n) is 3.58. The van der Waals surface area contributed by atoms with E-state index in [1.807, 2.05) is 48.5 Å². The number of amides is 3. The normalized spacial score (nSPS) is 12.8. The quantitative estimate of drug-likeness (QED) is 0.416. The fraction of sp³-hybridized carbons (Fsp3) is 0.304. The van der Waals surface area contributed by atoms with Crippen molar-refractivity contribution in [2.75, 3.05) is 33.4 Å². The van der Waals surface area contributed by atoms with Crippen LogP contribution in [0.2, 0.25) is 0 Å². The van der Waals surface area contributed by atoms with E-state index in [-0.39, 0.29) is 32.2 Å². The molecule has 33 heavy (non-hydrogen) atoms. The Hall–Kier alpha value is -3.92. The SMILES string of the molecule is COC(CNC(=O)CNC(=O)CNC(=O)OCC1c2ccccc2-c2ccccc21)C(=O)O. The summed E-state index contributed by atoms with van der Waals surface area (Å²) in [6, 6.07) is 15.9. The van der Waals surface area contributed by atoms with Crippen molar-refractivity contribution in [1.29, 1.82) is 0 Å². The molecule has 0 radical (unpaired) electrons. The van der Waals surface area contributed by atoms with Crippen molar-refractivity contribution < 1.29 is 33.8 Å². The smallest absolute Gasteiger partial charge is 0.407 e. The number of carbonyl (C=O) groups is 4. The van der Waals surface area contributed by atoms with Crippen molar-refractivity contribution in [2.45, 2.75) is 12.0 Å². The van der Waals surface area contributed by atoms with Crippen LogP contribution in [0.25, 0.3) is 11.1 Å². The van der Waals surface area contributed by atoms with Crippen LogP contribution in [0.3, 0.4) is 0 Å². The van der Waals surface area contributed by atoms with Crippen LogP contribution in [-0.4, -0.2) is 68.4 Å². The molecule has 1 unspecified atom stereocenters. The van der Waals surface area contributed by atoms with E-state index in [1.54, 1.807) is 0 Å².